The van der Waals surface area contributed by atoms with Crippen LogP contribution in [0.1, 0.15) is 47.4 Å². The van der Waals surface area contributed by atoms with Gasteiger partial charge in [0, 0.05) is 20.8 Å². The minimum atomic E-state index is 0.347. The van der Waals surface area contributed by atoms with Crippen LogP contribution < -0.4 is 0 Å². The molecule has 43 heavy (non-hydrogen) atoms. The van der Waals surface area contributed by atoms with Crippen molar-refractivity contribution >= 4 is 31.9 Å². The van der Waals surface area contributed by atoms with Crippen LogP contribution in [0.25, 0.3) is 44.5 Å². The van der Waals surface area contributed by atoms with E-state index >= 15 is 0 Å². The molecule has 0 N–H and O–H groups in total. The summed E-state index contributed by atoms with van der Waals surface area (Å²) in [6.45, 7) is 2.46. The lowest BCUT2D eigenvalue weighted by Crippen LogP contribution is -2.13. The Labute approximate surface area is 270 Å². The van der Waals surface area contributed by atoms with Crippen LogP contribution in [-0.2, 0) is 0 Å². The van der Waals surface area contributed by atoms with E-state index in [0.717, 1.165) is 15.4 Å². The normalized spacial score (nSPS) is 14.2. The zero-order valence-corrected chi connectivity index (χ0v) is 27.1. The SMILES string of the molecule is CC(CC1c2ccc(-c3ccccc3)cc2-c2cc(-c3ccccc3)ccc21)C1c2cc(Br)ccc2-c2ccc(Br)cc21. The average molecular weight is 682 g/mol. The summed E-state index contributed by atoms with van der Waals surface area (Å²) in [5, 5.41) is 0. The quantitative estimate of drug-likeness (QED) is 0.170. The molecule has 0 nitrogen and oxygen atoms in total. The maximum Gasteiger partial charge on any atom is 0.0178 e. The van der Waals surface area contributed by atoms with Gasteiger partial charge in [-0.25, -0.2) is 0 Å². The summed E-state index contributed by atoms with van der Waals surface area (Å²) in [4.78, 5) is 0. The number of halogens is 2. The van der Waals surface area contributed by atoms with Crippen LogP contribution in [-0.4, -0.2) is 0 Å². The molecule has 0 radical (unpaired) electrons. The molecule has 0 amide bonds. The molecule has 0 heterocycles. The maximum atomic E-state index is 3.77. The van der Waals surface area contributed by atoms with Gasteiger partial charge in [0.15, 0.2) is 0 Å². The molecule has 0 bridgehead atoms. The minimum Gasteiger partial charge on any atom is -0.0622 e. The van der Waals surface area contributed by atoms with E-state index < -0.39 is 0 Å². The van der Waals surface area contributed by atoms with E-state index in [2.05, 4.69) is 172 Å². The van der Waals surface area contributed by atoms with Crippen LogP contribution in [0.4, 0.5) is 0 Å². The van der Waals surface area contributed by atoms with Crippen molar-refractivity contribution in [2.24, 2.45) is 5.92 Å². The monoisotopic (exact) mass is 680 g/mol. The highest BCUT2D eigenvalue weighted by Gasteiger charge is 2.37. The van der Waals surface area contributed by atoms with Gasteiger partial charge in [0.05, 0.1) is 0 Å². The fourth-order valence-electron chi connectivity index (χ4n) is 7.59. The fraction of sp³-hybridized carbons (Fsp3) is 0.122. The van der Waals surface area contributed by atoms with Crippen LogP contribution in [0.2, 0.25) is 0 Å². The van der Waals surface area contributed by atoms with Gasteiger partial charge in [0.1, 0.15) is 0 Å². The van der Waals surface area contributed by atoms with Crippen molar-refractivity contribution in [3.05, 3.63) is 165 Å². The van der Waals surface area contributed by atoms with Crippen molar-refractivity contribution in [1.82, 2.24) is 0 Å². The predicted octanol–water partition coefficient (Wildman–Crippen LogP) is 12.5. The molecule has 2 heteroatoms. The Bertz CT molecular complexity index is 1850. The zero-order chi connectivity index (χ0) is 29.1. The second-order valence-corrected chi connectivity index (χ2v) is 13.9. The third-order valence-electron chi connectivity index (χ3n) is 9.53. The fourth-order valence-corrected chi connectivity index (χ4v) is 8.35. The van der Waals surface area contributed by atoms with Gasteiger partial charge >= 0.3 is 0 Å². The number of benzene rings is 6. The van der Waals surface area contributed by atoms with E-state index in [1.807, 2.05) is 0 Å². The van der Waals surface area contributed by atoms with E-state index in [1.54, 1.807) is 0 Å². The molecule has 0 saturated carbocycles. The summed E-state index contributed by atoms with van der Waals surface area (Å²) in [5.74, 6) is 1.14. The van der Waals surface area contributed by atoms with Crippen molar-refractivity contribution in [3.8, 4) is 44.5 Å². The first kappa shape index (κ1) is 26.9. The summed E-state index contributed by atoms with van der Waals surface area (Å²) in [7, 11) is 0. The molecular weight excluding hydrogens is 652 g/mol. The van der Waals surface area contributed by atoms with Gasteiger partial charge in [-0.1, -0.05) is 136 Å². The summed E-state index contributed by atoms with van der Waals surface area (Å²) >= 11 is 7.55. The van der Waals surface area contributed by atoms with E-state index in [4.69, 9.17) is 0 Å². The Morgan fingerprint density at radius 2 is 0.930 bits per heavy atom. The molecule has 208 valence electrons. The van der Waals surface area contributed by atoms with Crippen molar-refractivity contribution in [3.63, 3.8) is 0 Å². The highest BCUT2D eigenvalue weighted by atomic mass is 79.9. The molecule has 2 aliphatic carbocycles. The van der Waals surface area contributed by atoms with Gasteiger partial charge in [-0.2, -0.15) is 0 Å². The highest BCUT2D eigenvalue weighted by Crippen LogP contribution is 2.55. The Morgan fingerprint density at radius 3 is 1.40 bits per heavy atom. The summed E-state index contributed by atoms with van der Waals surface area (Å²) in [6.07, 6.45) is 1.08. The Morgan fingerprint density at radius 1 is 0.465 bits per heavy atom. The molecule has 0 spiro atoms. The largest absolute Gasteiger partial charge is 0.0622 e. The van der Waals surface area contributed by atoms with Gasteiger partial charge in [-0.15, -0.1) is 0 Å². The van der Waals surface area contributed by atoms with E-state index in [9.17, 15) is 0 Å². The summed E-state index contributed by atoms with van der Waals surface area (Å²) in [6, 6.07) is 49.5. The number of rotatable bonds is 5. The van der Waals surface area contributed by atoms with Gasteiger partial charge in [-0.05, 0) is 115 Å². The minimum absolute atomic E-state index is 0.347. The van der Waals surface area contributed by atoms with Crippen LogP contribution in [0.5, 0.6) is 0 Å². The molecule has 0 aromatic heterocycles. The van der Waals surface area contributed by atoms with Gasteiger partial charge in [0.25, 0.3) is 0 Å². The van der Waals surface area contributed by atoms with Gasteiger partial charge in [0.2, 0.25) is 0 Å². The second kappa shape index (κ2) is 10.8. The van der Waals surface area contributed by atoms with Gasteiger partial charge < -0.3 is 0 Å². The lowest BCUT2D eigenvalue weighted by atomic mass is 9.77. The van der Waals surface area contributed by atoms with Crippen LogP contribution in [0.15, 0.2) is 142 Å². The van der Waals surface area contributed by atoms with E-state index in [-0.39, 0.29) is 0 Å². The van der Waals surface area contributed by atoms with E-state index in [0.29, 0.717) is 17.8 Å². The first-order chi connectivity index (χ1) is 21.0. The third-order valence-corrected chi connectivity index (χ3v) is 10.5. The average Bonchev–Trinajstić information content (AvgIpc) is 3.52. The number of fused-ring (bicyclic) bond motifs is 6. The molecule has 6 aromatic rings. The first-order valence-corrected chi connectivity index (χ1v) is 16.6. The number of hydrogen-bond donors (Lipinski definition) is 0. The van der Waals surface area contributed by atoms with E-state index in [1.165, 1.54) is 66.8 Å². The lowest BCUT2D eigenvalue weighted by Gasteiger charge is -2.26. The van der Waals surface area contributed by atoms with Gasteiger partial charge in [-0.3, -0.25) is 0 Å². The van der Waals surface area contributed by atoms with Crippen molar-refractivity contribution in [2.45, 2.75) is 25.2 Å². The third kappa shape index (κ3) is 4.63. The molecule has 0 fully saturated rings. The van der Waals surface area contributed by atoms with Crippen LogP contribution in [0.3, 0.4) is 0 Å². The van der Waals surface area contributed by atoms with Crippen LogP contribution >= 0.6 is 31.9 Å². The topological polar surface area (TPSA) is 0 Å². The summed E-state index contributed by atoms with van der Waals surface area (Å²) < 4.78 is 2.29. The lowest BCUT2D eigenvalue weighted by molar-refractivity contribution is 0.456. The smallest absolute Gasteiger partial charge is 0.0178 e. The van der Waals surface area contributed by atoms with Crippen molar-refractivity contribution in [2.75, 3.05) is 0 Å². The molecule has 1 atom stereocenters. The zero-order valence-electron chi connectivity index (χ0n) is 23.9. The highest BCUT2D eigenvalue weighted by molar-refractivity contribution is 9.10. The second-order valence-electron chi connectivity index (χ2n) is 12.0. The van der Waals surface area contributed by atoms with Crippen molar-refractivity contribution in [1.29, 1.82) is 0 Å². The van der Waals surface area contributed by atoms with Crippen molar-refractivity contribution < 1.29 is 0 Å². The molecule has 1 unspecified atom stereocenters. The Balaban J connectivity index is 1.24. The molecular formula is C41H30Br2. The first-order valence-electron chi connectivity index (χ1n) is 15.0. The Hall–Kier alpha value is -3.72. The summed E-state index contributed by atoms with van der Waals surface area (Å²) in [5.41, 5.74) is 16.4. The Kier molecular flexibility index (Phi) is 6.73. The molecule has 0 aliphatic heterocycles. The standard InChI is InChI=1S/C41H30Br2/c1-25(41-39-23-30(42)14-18-32(39)33-19-15-31(43)24-40(33)41)20-36-34-16-12-28(26-8-4-2-5-9-26)21-37(34)38-22-29(13-17-35(36)38)27-10-6-3-7-11-27/h2-19,21-25,36,41H,20H2,1H3. The molecule has 6 aromatic carbocycles. The molecule has 8 rings (SSSR count). The molecule has 0 saturated heterocycles. The maximum absolute atomic E-state index is 3.77. The van der Waals surface area contributed by atoms with Crippen LogP contribution in [0, 0.1) is 5.92 Å². The number of hydrogen-bond acceptors (Lipinski definition) is 0. The predicted molar refractivity (Wildman–Crippen MR) is 187 cm³/mol. The molecule has 2 aliphatic rings.